The van der Waals surface area contributed by atoms with Crippen molar-refractivity contribution in [3.05, 3.63) is 12.7 Å². The largest absolute Gasteiger partial charge is 0.314 e. The van der Waals surface area contributed by atoms with Gasteiger partial charge in [-0.15, -0.1) is 6.58 Å². The van der Waals surface area contributed by atoms with Crippen molar-refractivity contribution in [3.63, 3.8) is 0 Å². The van der Waals surface area contributed by atoms with Crippen LogP contribution in [0.15, 0.2) is 12.7 Å². The molecule has 0 fully saturated rings. The maximum Gasteiger partial charge on any atom is 0.0244 e. The normalized spacial score (nSPS) is 12.6. The highest BCUT2D eigenvalue weighted by atomic mass is 14.8. The van der Waals surface area contributed by atoms with Gasteiger partial charge in [-0.2, -0.15) is 0 Å². The molecule has 0 aromatic heterocycles. The molecule has 0 amide bonds. The summed E-state index contributed by atoms with van der Waals surface area (Å²) in [5.41, 5.74) is 0. The standard InChI is InChI=1S/C16H33N/c1-4-6-7-8-9-10-11-12-13-14-15-16(5-2)17-3/h5,16-17H,2,4,6-15H2,1,3H3. The van der Waals surface area contributed by atoms with Gasteiger partial charge in [0.25, 0.3) is 0 Å². The zero-order chi connectivity index (χ0) is 12.8. The summed E-state index contributed by atoms with van der Waals surface area (Å²) < 4.78 is 0. The molecule has 1 N–H and O–H groups in total. The lowest BCUT2D eigenvalue weighted by Gasteiger charge is -2.10. The molecule has 0 aliphatic carbocycles. The van der Waals surface area contributed by atoms with E-state index in [2.05, 4.69) is 18.8 Å². The maximum absolute atomic E-state index is 3.83. The minimum atomic E-state index is 0.518. The topological polar surface area (TPSA) is 12.0 Å². The Kier molecular flexibility index (Phi) is 13.5. The number of hydrogen-bond donors (Lipinski definition) is 1. The van der Waals surface area contributed by atoms with Gasteiger partial charge in [-0.05, 0) is 13.5 Å². The third-order valence-corrected chi connectivity index (χ3v) is 3.52. The second kappa shape index (κ2) is 13.8. The summed E-state index contributed by atoms with van der Waals surface area (Å²) in [5.74, 6) is 0. The Morgan fingerprint density at radius 1 is 0.882 bits per heavy atom. The van der Waals surface area contributed by atoms with Crippen LogP contribution >= 0.6 is 0 Å². The average Bonchev–Trinajstić information content (AvgIpc) is 2.36. The first kappa shape index (κ1) is 16.7. The van der Waals surface area contributed by atoms with Gasteiger partial charge in [0, 0.05) is 6.04 Å². The van der Waals surface area contributed by atoms with Crippen molar-refractivity contribution >= 4 is 0 Å². The van der Waals surface area contributed by atoms with Crippen LogP contribution in [-0.4, -0.2) is 13.1 Å². The van der Waals surface area contributed by atoms with Gasteiger partial charge in [0.15, 0.2) is 0 Å². The van der Waals surface area contributed by atoms with Crippen molar-refractivity contribution in [2.75, 3.05) is 7.05 Å². The van der Waals surface area contributed by atoms with Gasteiger partial charge in [-0.25, -0.2) is 0 Å². The molecule has 1 unspecified atom stereocenters. The lowest BCUT2D eigenvalue weighted by atomic mass is 10.0. The number of likely N-dealkylation sites (N-methyl/N-ethyl adjacent to an activating group) is 1. The van der Waals surface area contributed by atoms with E-state index in [4.69, 9.17) is 0 Å². The summed E-state index contributed by atoms with van der Waals surface area (Å²) in [6.07, 6.45) is 17.4. The Balaban J connectivity index is 3.05. The monoisotopic (exact) mass is 239 g/mol. The first-order valence-electron chi connectivity index (χ1n) is 7.65. The predicted molar refractivity (Wildman–Crippen MR) is 79.5 cm³/mol. The molecule has 0 saturated heterocycles. The van der Waals surface area contributed by atoms with Crippen molar-refractivity contribution in [2.45, 2.75) is 83.6 Å². The maximum atomic E-state index is 3.83. The molecule has 17 heavy (non-hydrogen) atoms. The zero-order valence-corrected chi connectivity index (χ0v) is 12.1. The summed E-state index contributed by atoms with van der Waals surface area (Å²) in [5, 5.41) is 3.26. The van der Waals surface area contributed by atoms with Gasteiger partial charge in [0.05, 0.1) is 0 Å². The molecule has 102 valence electrons. The van der Waals surface area contributed by atoms with E-state index in [1.165, 1.54) is 70.6 Å². The van der Waals surface area contributed by atoms with E-state index in [1.807, 2.05) is 13.1 Å². The molecule has 1 nitrogen and oxygen atoms in total. The van der Waals surface area contributed by atoms with E-state index in [9.17, 15) is 0 Å². The fraction of sp³-hybridized carbons (Fsp3) is 0.875. The van der Waals surface area contributed by atoms with Gasteiger partial charge in [-0.3, -0.25) is 0 Å². The number of rotatable bonds is 13. The lowest BCUT2D eigenvalue weighted by Crippen LogP contribution is -2.21. The molecule has 0 radical (unpaired) electrons. The highest BCUT2D eigenvalue weighted by molar-refractivity contribution is 4.83. The van der Waals surface area contributed by atoms with Crippen LogP contribution in [0, 0.1) is 0 Å². The summed E-state index contributed by atoms with van der Waals surface area (Å²) in [4.78, 5) is 0. The van der Waals surface area contributed by atoms with Gasteiger partial charge >= 0.3 is 0 Å². The molecular formula is C16H33N. The summed E-state index contributed by atoms with van der Waals surface area (Å²) in [7, 11) is 2.02. The second-order valence-corrected chi connectivity index (χ2v) is 5.10. The van der Waals surface area contributed by atoms with E-state index in [0.717, 1.165) is 0 Å². The first-order valence-corrected chi connectivity index (χ1v) is 7.65. The third kappa shape index (κ3) is 12.0. The van der Waals surface area contributed by atoms with Gasteiger partial charge < -0.3 is 5.32 Å². The fourth-order valence-electron chi connectivity index (χ4n) is 2.23. The van der Waals surface area contributed by atoms with Crippen LogP contribution in [0.4, 0.5) is 0 Å². The zero-order valence-electron chi connectivity index (χ0n) is 12.1. The molecular weight excluding hydrogens is 206 g/mol. The minimum Gasteiger partial charge on any atom is -0.314 e. The molecule has 0 aromatic carbocycles. The van der Waals surface area contributed by atoms with Crippen molar-refractivity contribution in [2.24, 2.45) is 0 Å². The van der Waals surface area contributed by atoms with E-state index in [0.29, 0.717) is 6.04 Å². The predicted octanol–water partition coefficient (Wildman–Crippen LogP) is 5.07. The van der Waals surface area contributed by atoms with Crippen LogP contribution < -0.4 is 5.32 Å². The fourth-order valence-corrected chi connectivity index (χ4v) is 2.23. The van der Waals surface area contributed by atoms with E-state index in [1.54, 1.807) is 0 Å². The molecule has 0 aliphatic rings. The van der Waals surface area contributed by atoms with Crippen LogP contribution in [-0.2, 0) is 0 Å². The van der Waals surface area contributed by atoms with Crippen LogP contribution in [0.2, 0.25) is 0 Å². The van der Waals surface area contributed by atoms with Crippen molar-refractivity contribution < 1.29 is 0 Å². The quantitative estimate of drug-likeness (QED) is 0.349. The third-order valence-electron chi connectivity index (χ3n) is 3.52. The first-order chi connectivity index (χ1) is 8.35. The van der Waals surface area contributed by atoms with Gasteiger partial charge in [0.1, 0.15) is 0 Å². The van der Waals surface area contributed by atoms with Crippen LogP contribution in [0.25, 0.3) is 0 Å². The van der Waals surface area contributed by atoms with E-state index < -0.39 is 0 Å². The minimum absolute atomic E-state index is 0.518. The van der Waals surface area contributed by atoms with Gasteiger partial charge in [-0.1, -0.05) is 77.2 Å². The Hall–Kier alpha value is -0.300. The highest BCUT2D eigenvalue weighted by Gasteiger charge is 1.99. The SMILES string of the molecule is C=CC(CCCCCCCCCCCC)NC. The highest BCUT2D eigenvalue weighted by Crippen LogP contribution is 2.12. The Bertz CT molecular complexity index is 154. The van der Waals surface area contributed by atoms with Gasteiger partial charge in [0.2, 0.25) is 0 Å². The molecule has 0 spiro atoms. The number of unbranched alkanes of at least 4 members (excludes halogenated alkanes) is 9. The van der Waals surface area contributed by atoms with Crippen molar-refractivity contribution in [1.29, 1.82) is 0 Å². The molecule has 0 saturated carbocycles. The molecule has 0 aliphatic heterocycles. The van der Waals surface area contributed by atoms with E-state index >= 15 is 0 Å². The smallest absolute Gasteiger partial charge is 0.0244 e. The number of hydrogen-bond acceptors (Lipinski definition) is 1. The molecule has 0 aromatic rings. The van der Waals surface area contributed by atoms with Crippen molar-refractivity contribution in [1.82, 2.24) is 5.32 Å². The Morgan fingerprint density at radius 3 is 1.76 bits per heavy atom. The average molecular weight is 239 g/mol. The van der Waals surface area contributed by atoms with Crippen LogP contribution in [0.3, 0.4) is 0 Å². The number of nitrogens with one attached hydrogen (secondary N) is 1. The second-order valence-electron chi connectivity index (χ2n) is 5.10. The van der Waals surface area contributed by atoms with E-state index in [-0.39, 0.29) is 0 Å². The molecule has 0 bridgehead atoms. The molecule has 1 atom stereocenters. The van der Waals surface area contributed by atoms with Crippen LogP contribution in [0.5, 0.6) is 0 Å². The van der Waals surface area contributed by atoms with Crippen molar-refractivity contribution in [3.8, 4) is 0 Å². The Labute approximate surface area is 109 Å². The summed E-state index contributed by atoms with van der Waals surface area (Å²) in [6.45, 7) is 6.11. The Morgan fingerprint density at radius 2 is 1.35 bits per heavy atom. The summed E-state index contributed by atoms with van der Waals surface area (Å²) >= 11 is 0. The summed E-state index contributed by atoms with van der Waals surface area (Å²) in [6, 6.07) is 0.518. The molecule has 0 heterocycles. The van der Waals surface area contributed by atoms with Crippen LogP contribution in [0.1, 0.15) is 77.6 Å². The lowest BCUT2D eigenvalue weighted by molar-refractivity contribution is 0.523. The molecule has 0 rings (SSSR count). The molecule has 1 heteroatoms.